The van der Waals surface area contributed by atoms with Crippen molar-refractivity contribution in [3.05, 3.63) is 0 Å². The second-order valence-corrected chi connectivity index (χ2v) is 6.46. The number of hydrogen-bond donors (Lipinski definition) is 1. The number of carbonyl (C=O) groups is 1. The summed E-state index contributed by atoms with van der Waals surface area (Å²) in [6.07, 6.45) is 4.99. The van der Waals surface area contributed by atoms with Crippen LogP contribution in [0.3, 0.4) is 0 Å². The highest BCUT2D eigenvalue weighted by Crippen LogP contribution is 2.21. The molecule has 2 N–H and O–H groups in total. The lowest BCUT2D eigenvalue weighted by molar-refractivity contribution is -0.137. The molecule has 4 nitrogen and oxygen atoms in total. The van der Waals surface area contributed by atoms with E-state index < -0.39 is 5.54 Å². The van der Waals surface area contributed by atoms with Crippen LogP contribution in [0.15, 0.2) is 0 Å². The van der Waals surface area contributed by atoms with Gasteiger partial charge in [0.2, 0.25) is 5.91 Å². The molecule has 0 saturated carbocycles. The quantitative estimate of drug-likeness (QED) is 0.862. The van der Waals surface area contributed by atoms with Gasteiger partial charge in [0, 0.05) is 19.6 Å². The van der Waals surface area contributed by atoms with Crippen molar-refractivity contribution in [2.24, 2.45) is 11.7 Å². The van der Waals surface area contributed by atoms with Gasteiger partial charge in [-0.25, -0.2) is 0 Å². The van der Waals surface area contributed by atoms with Gasteiger partial charge in [-0.3, -0.25) is 4.79 Å². The summed E-state index contributed by atoms with van der Waals surface area (Å²) in [6, 6.07) is 0. The van der Waals surface area contributed by atoms with Gasteiger partial charge in [-0.05, 0) is 58.5 Å². The highest BCUT2D eigenvalue weighted by molar-refractivity contribution is 5.86. The Bertz CT molecular complexity index is 293. The van der Waals surface area contributed by atoms with Crippen LogP contribution in [0.4, 0.5) is 0 Å². The van der Waals surface area contributed by atoms with E-state index in [4.69, 9.17) is 5.73 Å². The van der Waals surface area contributed by atoms with Gasteiger partial charge >= 0.3 is 0 Å². The van der Waals surface area contributed by atoms with Crippen LogP contribution in [0, 0.1) is 5.92 Å². The Hall–Kier alpha value is -0.0300. The molecule has 0 radical (unpaired) electrons. The van der Waals surface area contributed by atoms with Crippen molar-refractivity contribution in [3.8, 4) is 0 Å². The van der Waals surface area contributed by atoms with E-state index in [1.165, 1.54) is 32.5 Å². The number of halogens is 2. The fourth-order valence-electron chi connectivity index (χ4n) is 3.06. The lowest BCUT2D eigenvalue weighted by Crippen LogP contribution is -2.53. The molecule has 2 heterocycles. The summed E-state index contributed by atoms with van der Waals surface area (Å²) in [6.45, 7) is 9.14. The predicted octanol–water partition coefficient (Wildman–Crippen LogP) is 1.90. The van der Waals surface area contributed by atoms with Crippen molar-refractivity contribution in [3.63, 3.8) is 0 Å². The molecule has 0 bridgehead atoms. The Labute approximate surface area is 135 Å². The molecule has 2 aliphatic heterocycles. The largest absolute Gasteiger partial charge is 0.341 e. The number of piperidine rings is 1. The van der Waals surface area contributed by atoms with Crippen LogP contribution < -0.4 is 5.73 Å². The molecule has 2 aliphatic rings. The van der Waals surface area contributed by atoms with Gasteiger partial charge in [0.05, 0.1) is 5.54 Å². The first kappa shape index (κ1) is 20.0. The van der Waals surface area contributed by atoms with Gasteiger partial charge in [-0.15, -0.1) is 24.8 Å². The van der Waals surface area contributed by atoms with Crippen molar-refractivity contribution in [1.29, 1.82) is 0 Å². The zero-order valence-electron chi connectivity index (χ0n) is 12.6. The Kier molecular flexibility index (Phi) is 8.41. The van der Waals surface area contributed by atoms with Crippen LogP contribution in [-0.2, 0) is 4.79 Å². The minimum Gasteiger partial charge on any atom is -0.341 e. The summed E-state index contributed by atoms with van der Waals surface area (Å²) in [4.78, 5) is 16.6. The van der Waals surface area contributed by atoms with E-state index in [2.05, 4.69) is 4.90 Å². The first-order valence-corrected chi connectivity index (χ1v) is 7.27. The maximum absolute atomic E-state index is 12.1. The molecule has 0 aromatic heterocycles. The van der Waals surface area contributed by atoms with Crippen LogP contribution >= 0.6 is 24.8 Å². The number of likely N-dealkylation sites (tertiary alicyclic amines) is 2. The summed E-state index contributed by atoms with van der Waals surface area (Å²) in [5, 5.41) is 0. The molecule has 120 valence electrons. The molecular formula is C14H29Cl2N3O. The summed E-state index contributed by atoms with van der Waals surface area (Å²) in [5.41, 5.74) is 5.16. The molecule has 1 amide bonds. The van der Waals surface area contributed by atoms with Gasteiger partial charge in [0.15, 0.2) is 0 Å². The molecule has 2 saturated heterocycles. The van der Waals surface area contributed by atoms with E-state index in [0.717, 1.165) is 31.8 Å². The smallest absolute Gasteiger partial charge is 0.242 e. The van der Waals surface area contributed by atoms with Crippen molar-refractivity contribution in [1.82, 2.24) is 9.80 Å². The third-order valence-electron chi connectivity index (χ3n) is 4.17. The van der Waals surface area contributed by atoms with E-state index in [9.17, 15) is 4.79 Å². The standard InChI is InChI=1S/C14H27N3O.2ClH/c1-14(2,15)13(18)17-9-5-12(6-10-17)11-16-7-3-4-8-16;;/h12H,3-11,15H2,1-2H3;2*1H. The van der Waals surface area contributed by atoms with Gasteiger partial charge in [0.1, 0.15) is 0 Å². The molecular weight excluding hydrogens is 297 g/mol. The maximum Gasteiger partial charge on any atom is 0.242 e. The molecule has 2 fully saturated rings. The third kappa shape index (κ3) is 5.40. The topological polar surface area (TPSA) is 49.6 Å². The van der Waals surface area contributed by atoms with Gasteiger partial charge in [0.25, 0.3) is 0 Å². The first-order valence-electron chi connectivity index (χ1n) is 7.27. The zero-order valence-corrected chi connectivity index (χ0v) is 14.3. The number of hydrogen-bond acceptors (Lipinski definition) is 3. The van der Waals surface area contributed by atoms with Crippen molar-refractivity contribution < 1.29 is 4.79 Å². The highest BCUT2D eigenvalue weighted by atomic mass is 35.5. The molecule has 20 heavy (non-hydrogen) atoms. The fourth-order valence-corrected chi connectivity index (χ4v) is 3.06. The van der Waals surface area contributed by atoms with E-state index in [-0.39, 0.29) is 30.7 Å². The molecule has 0 aliphatic carbocycles. The minimum absolute atomic E-state index is 0. The maximum atomic E-state index is 12.1. The number of nitrogens with zero attached hydrogens (tertiary/aromatic N) is 2. The summed E-state index contributed by atoms with van der Waals surface area (Å²) in [5.74, 6) is 0.871. The molecule has 2 rings (SSSR count). The second kappa shape index (κ2) is 8.42. The molecule has 0 aromatic rings. The Balaban J connectivity index is 0.00000180. The molecule has 0 aromatic carbocycles. The summed E-state index contributed by atoms with van der Waals surface area (Å²) < 4.78 is 0. The SMILES string of the molecule is CC(C)(N)C(=O)N1CCC(CN2CCCC2)CC1.Cl.Cl. The molecule has 0 atom stereocenters. The Morgan fingerprint density at radius 1 is 1.10 bits per heavy atom. The predicted molar refractivity (Wildman–Crippen MR) is 87.7 cm³/mol. The Morgan fingerprint density at radius 2 is 1.60 bits per heavy atom. The van der Waals surface area contributed by atoms with Crippen LogP contribution in [0.1, 0.15) is 39.5 Å². The zero-order chi connectivity index (χ0) is 13.2. The van der Waals surface area contributed by atoms with Gasteiger partial charge in [-0.2, -0.15) is 0 Å². The second-order valence-electron chi connectivity index (χ2n) is 6.46. The van der Waals surface area contributed by atoms with Crippen molar-refractivity contribution in [2.45, 2.75) is 45.1 Å². The van der Waals surface area contributed by atoms with E-state index in [0.29, 0.717) is 0 Å². The normalized spacial score (nSPS) is 21.2. The molecule has 0 unspecified atom stereocenters. The number of carbonyl (C=O) groups excluding carboxylic acids is 1. The molecule has 6 heteroatoms. The van der Waals surface area contributed by atoms with E-state index >= 15 is 0 Å². The number of nitrogens with two attached hydrogens (primary N) is 1. The lowest BCUT2D eigenvalue weighted by Gasteiger charge is -2.36. The minimum atomic E-state index is -0.720. The van der Waals surface area contributed by atoms with E-state index in [1.54, 1.807) is 13.8 Å². The Morgan fingerprint density at radius 3 is 2.05 bits per heavy atom. The van der Waals surface area contributed by atoms with Crippen LogP contribution in [-0.4, -0.2) is 54.0 Å². The summed E-state index contributed by atoms with van der Waals surface area (Å²) >= 11 is 0. The first-order chi connectivity index (χ1) is 8.47. The number of rotatable bonds is 3. The highest BCUT2D eigenvalue weighted by Gasteiger charge is 2.31. The van der Waals surface area contributed by atoms with Gasteiger partial charge in [-0.1, -0.05) is 0 Å². The fraction of sp³-hybridized carbons (Fsp3) is 0.929. The molecule has 0 spiro atoms. The monoisotopic (exact) mass is 325 g/mol. The van der Waals surface area contributed by atoms with Crippen molar-refractivity contribution >= 4 is 30.7 Å². The van der Waals surface area contributed by atoms with Crippen LogP contribution in [0.5, 0.6) is 0 Å². The average molecular weight is 326 g/mol. The van der Waals surface area contributed by atoms with E-state index in [1.807, 2.05) is 4.90 Å². The van der Waals surface area contributed by atoms with Gasteiger partial charge < -0.3 is 15.5 Å². The lowest BCUT2D eigenvalue weighted by atomic mass is 9.94. The third-order valence-corrected chi connectivity index (χ3v) is 4.17. The van der Waals surface area contributed by atoms with Crippen LogP contribution in [0.25, 0.3) is 0 Å². The summed E-state index contributed by atoms with van der Waals surface area (Å²) in [7, 11) is 0. The van der Waals surface area contributed by atoms with Crippen LogP contribution in [0.2, 0.25) is 0 Å². The average Bonchev–Trinajstić information content (AvgIpc) is 2.81. The number of amides is 1. The van der Waals surface area contributed by atoms with Crippen molar-refractivity contribution in [2.75, 3.05) is 32.7 Å².